The van der Waals surface area contributed by atoms with E-state index in [2.05, 4.69) is 31.4 Å². The molecule has 1 aliphatic carbocycles. The lowest BCUT2D eigenvalue weighted by Crippen LogP contribution is -2.54. The number of carbonyl (C=O) groups is 1. The smallest absolute Gasteiger partial charge is 0.407 e. The van der Waals surface area contributed by atoms with Crippen LogP contribution in [0.2, 0.25) is 0 Å². The number of hydrogen-bond donors (Lipinski definition) is 2. The fourth-order valence-electron chi connectivity index (χ4n) is 3.47. The largest absolute Gasteiger partial charge is 0.444 e. The van der Waals surface area contributed by atoms with Gasteiger partial charge in [0.25, 0.3) is 0 Å². The Morgan fingerprint density at radius 3 is 2.26 bits per heavy atom. The molecule has 4 nitrogen and oxygen atoms in total. The summed E-state index contributed by atoms with van der Waals surface area (Å²) in [5.74, 6) is 1.37. The summed E-state index contributed by atoms with van der Waals surface area (Å²) in [5, 5.41) is 6.69. The molecule has 1 saturated carbocycles. The van der Waals surface area contributed by atoms with E-state index in [1.807, 2.05) is 20.8 Å². The third kappa shape index (κ3) is 9.19. The van der Waals surface area contributed by atoms with Gasteiger partial charge in [0.2, 0.25) is 0 Å². The number of ether oxygens (including phenoxy) is 1. The second-order valence-corrected chi connectivity index (χ2v) is 8.90. The lowest BCUT2D eigenvalue weighted by Gasteiger charge is -2.35. The van der Waals surface area contributed by atoms with Gasteiger partial charge in [0.05, 0.1) is 0 Å². The van der Waals surface area contributed by atoms with Gasteiger partial charge in [-0.3, -0.25) is 0 Å². The van der Waals surface area contributed by atoms with Crippen LogP contribution in [0.25, 0.3) is 0 Å². The van der Waals surface area contributed by atoms with E-state index in [0.717, 1.165) is 18.9 Å². The molecule has 0 heterocycles. The molecule has 1 aliphatic rings. The second kappa shape index (κ2) is 8.91. The van der Waals surface area contributed by atoms with Gasteiger partial charge in [-0.05, 0) is 65.3 Å². The minimum absolute atomic E-state index is 0.0808. The minimum atomic E-state index is -0.450. The van der Waals surface area contributed by atoms with Crippen LogP contribution >= 0.6 is 0 Å². The Bertz CT molecular complexity index is 357. The molecule has 0 bridgehead atoms. The molecular weight excluding hydrogens is 288 g/mol. The van der Waals surface area contributed by atoms with Gasteiger partial charge in [0, 0.05) is 12.1 Å². The van der Waals surface area contributed by atoms with Crippen molar-refractivity contribution in [2.45, 2.75) is 91.2 Å². The van der Waals surface area contributed by atoms with Crippen molar-refractivity contribution < 1.29 is 9.53 Å². The van der Waals surface area contributed by atoms with Crippen molar-refractivity contribution >= 4 is 6.09 Å². The zero-order valence-electron chi connectivity index (χ0n) is 16.1. The van der Waals surface area contributed by atoms with Gasteiger partial charge < -0.3 is 15.4 Å². The first kappa shape index (κ1) is 20.3. The lowest BCUT2D eigenvalue weighted by atomic mass is 9.86. The van der Waals surface area contributed by atoms with E-state index in [1.54, 1.807) is 0 Å². The maximum Gasteiger partial charge on any atom is 0.407 e. The summed E-state index contributed by atoms with van der Waals surface area (Å²) in [4.78, 5) is 11.9. The molecule has 23 heavy (non-hydrogen) atoms. The van der Waals surface area contributed by atoms with Gasteiger partial charge in [-0.25, -0.2) is 4.79 Å². The summed E-state index contributed by atoms with van der Waals surface area (Å²) in [6, 6.07) is 0. The molecule has 0 aliphatic heterocycles. The van der Waals surface area contributed by atoms with Gasteiger partial charge in [-0.1, -0.05) is 33.1 Å². The van der Waals surface area contributed by atoms with E-state index in [1.165, 1.54) is 32.1 Å². The van der Waals surface area contributed by atoms with Crippen molar-refractivity contribution in [3.8, 4) is 0 Å². The number of hydrogen-bond acceptors (Lipinski definition) is 3. The van der Waals surface area contributed by atoms with E-state index >= 15 is 0 Å². The molecule has 0 saturated heterocycles. The van der Waals surface area contributed by atoms with Gasteiger partial charge in [-0.15, -0.1) is 0 Å². The summed E-state index contributed by atoms with van der Waals surface area (Å²) in [5.41, 5.74) is -0.531. The zero-order chi connectivity index (χ0) is 17.5. The molecule has 0 aromatic rings. The first-order valence-electron chi connectivity index (χ1n) is 9.31. The summed E-state index contributed by atoms with van der Waals surface area (Å²) >= 11 is 0. The van der Waals surface area contributed by atoms with Crippen LogP contribution in [0.15, 0.2) is 0 Å². The monoisotopic (exact) mass is 326 g/mol. The predicted octanol–water partition coefficient (Wildman–Crippen LogP) is 4.49. The van der Waals surface area contributed by atoms with Crippen molar-refractivity contribution in [2.24, 2.45) is 11.8 Å². The summed E-state index contributed by atoms with van der Waals surface area (Å²) < 4.78 is 5.35. The Kier molecular flexibility index (Phi) is 7.85. The fraction of sp³-hybridized carbons (Fsp3) is 0.947. The number of rotatable bonds is 7. The zero-order valence-corrected chi connectivity index (χ0v) is 16.1. The topological polar surface area (TPSA) is 50.4 Å². The van der Waals surface area contributed by atoms with E-state index in [9.17, 15) is 4.79 Å². The second-order valence-electron chi connectivity index (χ2n) is 8.90. The number of amides is 1. The molecule has 1 rings (SSSR count). The van der Waals surface area contributed by atoms with Gasteiger partial charge in [0.15, 0.2) is 0 Å². The summed E-state index contributed by atoms with van der Waals surface area (Å²) in [6.07, 6.45) is 7.50. The molecule has 4 heteroatoms. The maximum absolute atomic E-state index is 11.9. The number of nitrogens with one attached hydrogen (secondary N) is 2. The van der Waals surface area contributed by atoms with Gasteiger partial charge in [0.1, 0.15) is 5.60 Å². The van der Waals surface area contributed by atoms with E-state index in [4.69, 9.17) is 4.74 Å². The Morgan fingerprint density at radius 1 is 1.13 bits per heavy atom. The van der Waals surface area contributed by atoms with Gasteiger partial charge >= 0.3 is 6.09 Å². The molecular formula is C19H38N2O2. The van der Waals surface area contributed by atoms with E-state index < -0.39 is 5.60 Å². The average molecular weight is 327 g/mol. The van der Waals surface area contributed by atoms with Crippen molar-refractivity contribution in [3.63, 3.8) is 0 Å². The van der Waals surface area contributed by atoms with Crippen molar-refractivity contribution in [3.05, 3.63) is 0 Å². The first-order chi connectivity index (χ1) is 10.6. The van der Waals surface area contributed by atoms with Crippen LogP contribution in [0.4, 0.5) is 4.79 Å². The van der Waals surface area contributed by atoms with E-state index in [-0.39, 0.29) is 11.6 Å². The highest BCUT2D eigenvalue weighted by atomic mass is 16.6. The Hall–Kier alpha value is -0.770. The Labute approximate surface area is 143 Å². The SMILES string of the molecule is CC(C)CC(C)(CNC(=O)OC(C)(C)C)NCC1CCCCC1. The minimum Gasteiger partial charge on any atom is -0.444 e. The molecule has 1 fully saturated rings. The van der Waals surface area contributed by atoms with Crippen LogP contribution in [0.3, 0.4) is 0 Å². The third-order valence-electron chi connectivity index (χ3n) is 4.42. The molecule has 1 amide bonds. The van der Waals surface area contributed by atoms with Crippen molar-refractivity contribution in [1.29, 1.82) is 0 Å². The normalized spacial score (nSPS) is 19.4. The molecule has 0 aromatic carbocycles. The van der Waals surface area contributed by atoms with Crippen LogP contribution in [0.1, 0.15) is 80.1 Å². The highest BCUT2D eigenvalue weighted by molar-refractivity contribution is 5.67. The van der Waals surface area contributed by atoms with Crippen LogP contribution in [-0.2, 0) is 4.74 Å². The highest BCUT2D eigenvalue weighted by Crippen LogP contribution is 2.24. The third-order valence-corrected chi connectivity index (χ3v) is 4.42. The van der Waals surface area contributed by atoms with Crippen LogP contribution in [0.5, 0.6) is 0 Å². The quantitative estimate of drug-likeness (QED) is 0.725. The molecule has 1 atom stereocenters. The Morgan fingerprint density at radius 2 is 1.74 bits per heavy atom. The average Bonchev–Trinajstić information content (AvgIpc) is 2.42. The highest BCUT2D eigenvalue weighted by Gasteiger charge is 2.28. The lowest BCUT2D eigenvalue weighted by molar-refractivity contribution is 0.0506. The molecule has 1 unspecified atom stereocenters. The van der Waals surface area contributed by atoms with Gasteiger partial charge in [-0.2, -0.15) is 0 Å². The molecule has 0 aromatic heterocycles. The summed E-state index contributed by atoms with van der Waals surface area (Å²) in [7, 11) is 0. The molecule has 136 valence electrons. The van der Waals surface area contributed by atoms with Crippen LogP contribution in [0, 0.1) is 11.8 Å². The summed E-state index contributed by atoms with van der Waals surface area (Å²) in [6.45, 7) is 14.0. The van der Waals surface area contributed by atoms with Crippen molar-refractivity contribution in [2.75, 3.05) is 13.1 Å². The first-order valence-corrected chi connectivity index (χ1v) is 9.31. The molecule has 2 N–H and O–H groups in total. The standard InChI is InChI=1S/C19H38N2O2/c1-15(2)12-19(6,14-20-17(22)23-18(3,4)5)21-13-16-10-8-7-9-11-16/h15-16,21H,7-14H2,1-6H3,(H,20,22). The maximum atomic E-state index is 11.9. The van der Waals surface area contributed by atoms with Crippen LogP contribution in [-0.4, -0.2) is 30.3 Å². The number of alkyl carbamates (subject to hydrolysis) is 1. The van der Waals surface area contributed by atoms with E-state index in [0.29, 0.717) is 12.5 Å². The number of carbonyl (C=O) groups excluding carboxylic acids is 1. The molecule has 0 radical (unpaired) electrons. The fourth-order valence-corrected chi connectivity index (χ4v) is 3.47. The van der Waals surface area contributed by atoms with Crippen LogP contribution < -0.4 is 10.6 Å². The molecule has 0 spiro atoms. The predicted molar refractivity (Wildman–Crippen MR) is 96.7 cm³/mol. The Balaban J connectivity index is 2.49. The van der Waals surface area contributed by atoms with Crippen molar-refractivity contribution in [1.82, 2.24) is 10.6 Å².